The molecule has 1 heterocycles. The number of hydrogen-bond acceptors (Lipinski definition) is 3. The number of hydrogen-bond donors (Lipinski definition) is 0. The molecule has 0 saturated carbocycles. The van der Waals surface area contributed by atoms with Gasteiger partial charge in [-0.1, -0.05) is 29.4 Å². The molecule has 16 heavy (non-hydrogen) atoms. The average Bonchev–Trinajstić information content (AvgIpc) is 2.42. The van der Waals surface area contributed by atoms with Crippen molar-refractivity contribution in [1.29, 1.82) is 0 Å². The third-order valence-electron chi connectivity index (χ3n) is 2.72. The number of benzene rings is 1. The van der Waals surface area contributed by atoms with Crippen LogP contribution in [0, 0.1) is 0 Å². The Kier molecular flexibility index (Phi) is 2.90. The van der Waals surface area contributed by atoms with Gasteiger partial charge in [0.15, 0.2) is 5.71 Å². The lowest BCUT2D eigenvalue weighted by Gasteiger charge is -2.13. The van der Waals surface area contributed by atoms with Gasteiger partial charge < -0.3 is 9.74 Å². The van der Waals surface area contributed by atoms with Crippen LogP contribution in [0.5, 0.6) is 0 Å². The zero-order chi connectivity index (χ0) is 11.5. The van der Waals surface area contributed by atoms with E-state index in [-0.39, 0.29) is 5.91 Å². The molecular formula is C12H14N2O2. The van der Waals surface area contributed by atoms with Crippen LogP contribution in [0.1, 0.15) is 11.1 Å². The van der Waals surface area contributed by atoms with Crippen LogP contribution in [0.4, 0.5) is 0 Å². The Labute approximate surface area is 94.5 Å². The van der Waals surface area contributed by atoms with Crippen molar-refractivity contribution in [3.05, 3.63) is 35.4 Å². The number of carbonyl (C=O) groups is 1. The Morgan fingerprint density at radius 3 is 2.88 bits per heavy atom. The largest absolute Gasteiger partial charge is 0.398 e. The Morgan fingerprint density at radius 2 is 2.12 bits per heavy atom. The van der Waals surface area contributed by atoms with Crippen molar-refractivity contribution in [1.82, 2.24) is 4.90 Å². The highest BCUT2D eigenvalue weighted by molar-refractivity contribution is 6.45. The number of carbonyl (C=O) groups excluding carboxylic acids is 1. The maximum absolute atomic E-state index is 12.0. The van der Waals surface area contributed by atoms with Gasteiger partial charge in [-0.25, -0.2) is 0 Å². The van der Waals surface area contributed by atoms with Crippen LogP contribution in [0.3, 0.4) is 0 Å². The molecule has 84 valence electrons. The van der Waals surface area contributed by atoms with E-state index in [4.69, 9.17) is 4.84 Å². The van der Waals surface area contributed by atoms with Crippen LogP contribution in [0.15, 0.2) is 29.4 Å². The van der Waals surface area contributed by atoms with Gasteiger partial charge in [-0.05, 0) is 12.0 Å². The predicted molar refractivity (Wildman–Crippen MR) is 61.3 cm³/mol. The standard InChI is InChI=1S/C12H14N2O2/c1-14-8-7-9-5-3-4-6-10(9)11(12(14)15)13-16-2/h3-6H,7-8H2,1-2H3/b13-11-. The summed E-state index contributed by atoms with van der Waals surface area (Å²) in [5.41, 5.74) is 2.40. The molecule has 2 rings (SSSR count). The molecule has 0 unspecified atom stereocenters. The van der Waals surface area contributed by atoms with Gasteiger partial charge in [-0.3, -0.25) is 4.79 Å². The fourth-order valence-electron chi connectivity index (χ4n) is 1.83. The second-order valence-electron chi connectivity index (χ2n) is 3.76. The highest BCUT2D eigenvalue weighted by Gasteiger charge is 2.25. The molecule has 0 saturated heterocycles. The minimum absolute atomic E-state index is 0.0909. The lowest BCUT2D eigenvalue weighted by Crippen LogP contribution is -2.32. The number of likely N-dealkylation sites (N-methyl/N-ethyl adjacent to an activating group) is 1. The van der Waals surface area contributed by atoms with Gasteiger partial charge in [0.2, 0.25) is 0 Å². The third kappa shape index (κ3) is 1.78. The van der Waals surface area contributed by atoms with Crippen molar-refractivity contribution < 1.29 is 9.63 Å². The van der Waals surface area contributed by atoms with Gasteiger partial charge in [0.1, 0.15) is 7.11 Å². The molecule has 0 bridgehead atoms. The summed E-state index contributed by atoms with van der Waals surface area (Å²) in [6.45, 7) is 0.707. The Morgan fingerprint density at radius 1 is 1.38 bits per heavy atom. The highest BCUT2D eigenvalue weighted by Crippen LogP contribution is 2.16. The maximum atomic E-state index is 12.0. The van der Waals surface area contributed by atoms with Crippen LogP contribution in [-0.4, -0.2) is 37.2 Å². The molecule has 0 radical (unpaired) electrons. The average molecular weight is 218 g/mol. The smallest absolute Gasteiger partial charge is 0.276 e. The Hall–Kier alpha value is -1.84. The van der Waals surface area contributed by atoms with Crippen LogP contribution < -0.4 is 0 Å². The maximum Gasteiger partial charge on any atom is 0.276 e. The zero-order valence-corrected chi connectivity index (χ0v) is 9.43. The van der Waals surface area contributed by atoms with E-state index in [2.05, 4.69) is 5.16 Å². The monoisotopic (exact) mass is 218 g/mol. The molecular weight excluding hydrogens is 204 g/mol. The summed E-state index contributed by atoms with van der Waals surface area (Å²) >= 11 is 0. The topological polar surface area (TPSA) is 41.9 Å². The van der Waals surface area contributed by atoms with Crippen molar-refractivity contribution in [2.45, 2.75) is 6.42 Å². The van der Waals surface area contributed by atoms with Crippen molar-refractivity contribution in [2.75, 3.05) is 20.7 Å². The Balaban J connectivity index is 2.54. The quantitative estimate of drug-likeness (QED) is 0.661. The molecule has 1 aliphatic heterocycles. The van der Waals surface area contributed by atoms with Gasteiger partial charge in [-0.15, -0.1) is 0 Å². The molecule has 0 atom stereocenters. The van der Waals surface area contributed by atoms with Crippen LogP contribution in [0.25, 0.3) is 0 Å². The Bertz CT molecular complexity index is 440. The van der Waals surface area contributed by atoms with E-state index in [1.807, 2.05) is 24.3 Å². The van der Waals surface area contributed by atoms with Gasteiger partial charge in [-0.2, -0.15) is 0 Å². The third-order valence-corrected chi connectivity index (χ3v) is 2.72. The number of rotatable bonds is 1. The summed E-state index contributed by atoms with van der Waals surface area (Å²) in [4.78, 5) is 18.4. The first kappa shape index (κ1) is 10.7. The summed E-state index contributed by atoms with van der Waals surface area (Å²) in [5.74, 6) is -0.0909. The highest BCUT2D eigenvalue weighted by atomic mass is 16.6. The zero-order valence-electron chi connectivity index (χ0n) is 9.43. The predicted octanol–water partition coefficient (Wildman–Crippen LogP) is 1.05. The van der Waals surface area contributed by atoms with E-state index in [9.17, 15) is 4.79 Å². The van der Waals surface area contributed by atoms with Crippen molar-refractivity contribution >= 4 is 11.6 Å². The molecule has 0 aliphatic carbocycles. The van der Waals surface area contributed by atoms with E-state index in [0.29, 0.717) is 12.3 Å². The number of amides is 1. The fraction of sp³-hybridized carbons (Fsp3) is 0.333. The van der Waals surface area contributed by atoms with E-state index in [1.54, 1.807) is 11.9 Å². The summed E-state index contributed by atoms with van der Waals surface area (Å²) in [6, 6.07) is 7.80. The van der Waals surface area contributed by atoms with Gasteiger partial charge in [0.25, 0.3) is 5.91 Å². The second kappa shape index (κ2) is 4.35. The van der Waals surface area contributed by atoms with Crippen molar-refractivity contribution in [3.63, 3.8) is 0 Å². The molecule has 0 N–H and O–H groups in total. The van der Waals surface area contributed by atoms with Gasteiger partial charge >= 0.3 is 0 Å². The molecule has 0 spiro atoms. The number of nitrogens with zero attached hydrogens (tertiary/aromatic N) is 2. The minimum atomic E-state index is -0.0909. The normalized spacial score (nSPS) is 18.2. The molecule has 4 nitrogen and oxygen atoms in total. The molecule has 4 heteroatoms. The first-order chi connectivity index (χ1) is 7.74. The number of oxime groups is 1. The second-order valence-corrected chi connectivity index (χ2v) is 3.76. The summed E-state index contributed by atoms with van der Waals surface area (Å²) in [7, 11) is 3.23. The minimum Gasteiger partial charge on any atom is -0.398 e. The molecule has 0 aromatic heterocycles. The van der Waals surface area contributed by atoms with Crippen LogP contribution in [0.2, 0.25) is 0 Å². The first-order valence-electron chi connectivity index (χ1n) is 5.19. The number of fused-ring (bicyclic) bond motifs is 1. The van der Waals surface area contributed by atoms with E-state index in [0.717, 1.165) is 17.5 Å². The lowest BCUT2D eigenvalue weighted by atomic mass is 10.0. The SMILES string of the molecule is CO/N=C1\C(=O)N(C)CCc2ccccc21. The summed E-state index contributed by atoms with van der Waals surface area (Å²) in [5, 5.41) is 3.84. The van der Waals surface area contributed by atoms with Crippen LogP contribution >= 0.6 is 0 Å². The molecule has 0 fully saturated rings. The summed E-state index contributed by atoms with van der Waals surface area (Å²) < 4.78 is 0. The molecule has 1 aliphatic rings. The fourth-order valence-corrected chi connectivity index (χ4v) is 1.83. The molecule has 1 amide bonds. The van der Waals surface area contributed by atoms with Crippen molar-refractivity contribution in [2.24, 2.45) is 5.16 Å². The molecule has 1 aromatic rings. The van der Waals surface area contributed by atoms with Gasteiger partial charge in [0.05, 0.1) is 0 Å². The summed E-state index contributed by atoms with van der Waals surface area (Å²) in [6.07, 6.45) is 0.848. The van der Waals surface area contributed by atoms with E-state index >= 15 is 0 Å². The van der Waals surface area contributed by atoms with Crippen LogP contribution in [-0.2, 0) is 16.1 Å². The lowest BCUT2D eigenvalue weighted by molar-refractivity contribution is -0.122. The first-order valence-corrected chi connectivity index (χ1v) is 5.19. The van der Waals surface area contributed by atoms with Gasteiger partial charge in [0, 0.05) is 19.2 Å². The van der Waals surface area contributed by atoms with E-state index < -0.39 is 0 Å². The molecule has 1 aromatic carbocycles. The van der Waals surface area contributed by atoms with Crippen molar-refractivity contribution in [3.8, 4) is 0 Å². The van der Waals surface area contributed by atoms with E-state index in [1.165, 1.54) is 7.11 Å².